The molecule has 1 N–H and O–H groups in total. The number of para-hydroxylation sites is 1. The number of benzene rings is 2. The van der Waals surface area contributed by atoms with E-state index in [0.717, 1.165) is 27.6 Å². The molecule has 29 heavy (non-hydrogen) atoms. The van der Waals surface area contributed by atoms with Crippen LogP contribution in [-0.4, -0.2) is 9.97 Å². The van der Waals surface area contributed by atoms with Crippen molar-refractivity contribution in [2.24, 2.45) is 0 Å². The van der Waals surface area contributed by atoms with Gasteiger partial charge >= 0.3 is 0 Å². The van der Waals surface area contributed by atoms with Gasteiger partial charge in [-0.15, -0.1) is 0 Å². The number of nitrogens with zero attached hydrogens (tertiary/aromatic N) is 2. The second-order valence-corrected chi connectivity index (χ2v) is 6.98. The molecule has 4 nitrogen and oxygen atoms in total. The molecule has 3 heterocycles. The number of hydrogen-bond acceptors (Lipinski definition) is 3. The lowest BCUT2D eigenvalue weighted by Gasteiger charge is -2.12. The maximum absolute atomic E-state index is 10.1. The third-order valence-electron chi connectivity index (χ3n) is 5.11. The highest BCUT2D eigenvalue weighted by Gasteiger charge is 2.19. The van der Waals surface area contributed by atoms with Gasteiger partial charge in [0.2, 0.25) is 0 Å². The Labute approximate surface area is 168 Å². The topological polar surface area (TPSA) is 65.6 Å². The summed E-state index contributed by atoms with van der Waals surface area (Å²) in [6.45, 7) is 2.05. The number of furan rings is 1. The Bertz CT molecular complexity index is 1350. The number of nitrogens with one attached hydrogen (secondary N) is 1. The normalized spacial score (nSPS) is 10.9. The number of nitriles is 1. The number of rotatable bonds is 3. The lowest BCUT2D eigenvalue weighted by molar-refractivity contribution is 0.580. The van der Waals surface area contributed by atoms with E-state index in [4.69, 9.17) is 9.40 Å². The number of hydrogen-bond donors (Lipinski definition) is 1. The summed E-state index contributed by atoms with van der Waals surface area (Å²) in [5.41, 5.74) is 6.79. The van der Waals surface area contributed by atoms with Gasteiger partial charge in [-0.05, 0) is 36.8 Å². The quantitative estimate of drug-likeness (QED) is 0.400. The lowest BCUT2D eigenvalue weighted by Crippen LogP contribution is -1.96. The van der Waals surface area contributed by atoms with Gasteiger partial charge in [0.1, 0.15) is 11.8 Å². The summed E-state index contributed by atoms with van der Waals surface area (Å²) in [6.07, 6.45) is 3.55. The average Bonchev–Trinajstić information content (AvgIpc) is 3.43. The van der Waals surface area contributed by atoms with E-state index in [9.17, 15) is 5.26 Å². The fourth-order valence-corrected chi connectivity index (χ4v) is 3.63. The minimum atomic E-state index is 0.550. The summed E-state index contributed by atoms with van der Waals surface area (Å²) in [6, 6.07) is 24.3. The van der Waals surface area contributed by atoms with Crippen molar-refractivity contribution in [3.8, 4) is 39.9 Å². The molecule has 5 rings (SSSR count). The second-order valence-electron chi connectivity index (χ2n) is 6.98. The van der Waals surface area contributed by atoms with E-state index in [1.807, 2.05) is 67.7 Å². The molecule has 0 fully saturated rings. The molecule has 0 aliphatic carbocycles. The lowest BCUT2D eigenvalue weighted by atomic mass is 9.94. The van der Waals surface area contributed by atoms with Gasteiger partial charge < -0.3 is 9.40 Å². The van der Waals surface area contributed by atoms with Gasteiger partial charge in [0, 0.05) is 28.2 Å². The summed E-state index contributed by atoms with van der Waals surface area (Å²) < 4.78 is 5.61. The molecule has 0 amide bonds. The van der Waals surface area contributed by atoms with Gasteiger partial charge in [0.15, 0.2) is 5.76 Å². The summed E-state index contributed by atoms with van der Waals surface area (Å²) in [4.78, 5) is 8.13. The Hall–Kier alpha value is -4.10. The van der Waals surface area contributed by atoms with Gasteiger partial charge in [-0.25, -0.2) is 4.98 Å². The number of aryl methyl sites for hydroxylation is 1. The van der Waals surface area contributed by atoms with Crippen molar-refractivity contribution in [1.82, 2.24) is 9.97 Å². The fraction of sp³-hybridized carbons (Fsp3) is 0.0400. The van der Waals surface area contributed by atoms with Crippen LogP contribution in [0.4, 0.5) is 0 Å². The van der Waals surface area contributed by atoms with Crippen molar-refractivity contribution in [3.63, 3.8) is 0 Å². The third kappa shape index (κ3) is 2.90. The standard InChI is InChI=1S/C25H17N3O/c1-16-8-10-17(11-9-16)19-13-23(24-7-4-12-29-24)28-25(20(19)14-26)21-15-27-22-6-3-2-5-18(21)22/h2-13,15,27H,1H3. The first-order chi connectivity index (χ1) is 14.2. The van der Waals surface area contributed by atoms with Crippen molar-refractivity contribution in [2.75, 3.05) is 0 Å². The zero-order valence-electron chi connectivity index (χ0n) is 15.8. The molecule has 0 radical (unpaired) electrons. The van der Waals surface area contributed by atoms with Gasteiger partial charge in [-0.2, -0.15) is 5.26 Å². The van der Waals surface area contributed by atoms with Crippen LogP contribution in [0.3, 0.4) is 0 Å². The molecule has 2 aromatic carbocycles. The second kappa shape index (κ2) is 6.81. The first kappa shape index (κ1) is 17.0. The van der Waals surface area contributed by atoms with Crippen LogP contribution < -0.4 is 0 Å². The molecular formula is C25H17N3O. The molecule has 138 valence electrons. The molecule has 0 saturated heterocycles. The predicted octanol–water partition coefficient (Wildman–Crippen LogP) is 6.34. The van der Waals surface area contributed by atoms with Gasteiger partial charge in [-0.3, -0.25) is 0 Å². The van der Waals surface area contributed by atoms with Crippen molar-refractivity contribution in [1.29, 1.82) is 5.26 Å². The minimum absolute atomic E-state index is 0.550. The van der Waals surface area contributed by atoms with E-state index < -0.39 is 0 Å². The number of pyridine rings is 1. The molecule has 0 aliphatic heterocycles. The highest BCUT2D eigenvalue weighted by molar-refractivity contribution is 5.97. The van der Waals surface area contributed by atoms with E-state index in [-0.39, 0.29) is 0 Å². The van der Waals surface area contributed by atoms with Crippen LogP contribution in [-0.2, 0) is 0 Å². The van der Waals surface area contributed by atoms with E-state index in [1.165, 1.54) is 5.56 Å². The first-order valence-electron chi connectivity index (χ1n) is 9.37. The maximum atomic E-state index is 10.1. The number of H-pyrrole nitrogens is 1. The molecule has 0 atom stereocenters. The SMILES string of the molecule is Cc1ccc(-c2cc(-c3ccco3)nc(-c3c[nH]c4ccccc34)c2C#N)cc1. The molecule has 0 aliphatic rings. The van der Waals surface area contributed by atoms with Crippen LogP contribution in [0.15, 0.2) is 83.6 Å². The predicted molar refractivity (Wildman–Crippen MR) is 114 cm³/mol. The highest BCUT2D eigenvalue weighted by Crippen LogP contribution is 2.37. The van der Waals surface area contributed by atoms with Crippen molar-refractivity contribution in [3.05, 3.63) is 90.3 Å². The van der Waals surface area contributed by atoms with Crippen molar-refractivity contribution >= 4 is 10.9 Å². The Kier molecular flexibility index (Phi) is 4.00. The minimum Gasteiger partial charge on any atom is -0.463 e. The van der Waals surface area contributed by atoms with Crippen molar-refractivity contribution in [2.45, 2.75) is 6.92 Å². The molecular weight excluding hydrogens is 358 g/mol. The highest BCUT2D eigenvalue weighted by atomic mass is 16.3. The van der Waals surface area contributed by atoms with Gasteiger partial charge in [-0.1, -0.05) is 48.0 Å². The number of fused-ring (bicyclic) bond motifs is 1. The first-order valence-corrected chi connectivity index (χ1v) is 9.37. The van der Waals surface area contributed by atoms with Gasteiger partial charge in [0.05, 0.1) is 17.5 Å². The van der Waals surface area contributed by atoms with Gasteiger partial charge in [0.25, 0.3) is 0 Å². The molecule has 0 spiro atoms. The maximum Gasteiger partial charge on any atom is 0.152 e. The summed E-state index contributed by atoms with van der Waals surface area (Å²) in [5.74, 6) is 0.670. The van der Waals surface area contributed by atoms with Crippen LogP contribution >= 0.6 is 0 Å². The van der Waals surface area contributed by atoms with E-state index in [1.54, 1.807) is 6.26 Å². The van der Waals surface area contributed by atoms with E-state index >= 15 is 0 Å². The molecule has 5 aromatic rings. The molecule has 0 saturated carbocycles. The Morgan fingerprint density at radius 3 is 2.55 bits per heavy atom. The zero-order valence-corrected chi connectivity index (χ0v) is 15.8. The third-order valence-corrected chi connectivity index (χ3v) is 5.11. The Morgan fingerprint density at radius 2 is 1.79 bits per heavy atom. The van der Waals surface area contributed by atoms with E-state index in [2.05, 4.69) is 23.2 Å². The van der Waals surface area contributed by atoms with Crippen LogP contribution in [0.1, 0.15) is 11.1 Å². The fourth-order valence-electron chi connectivity index (χ4n) is 3.63. The average molecular weight is 375 g/mol. The van der Waals surface area contributed by atoms with Crippen LogP contribution in [0, 0.1) is 18.3 Å². The number of aromatic amines is 1. The molecule has 0 bridgehead atoms. The molecule has 0 unspecified atom stereocenters. The zero-order chi connectivity index (χ0) is 19.8. The Morgan fingerprint density at radius 1 is 0.966 bits per heavy atom. The monoisotopic (exact) mass is 375 g/mol. The largest absolute Gasteiger partial charge is 0.463 e. The summed E-state index contributed by atoms with van der Waals surface area (Å²) >= 11 is 0. The van der Waals surface area contributed by atoms with Crippen LogP contribution in [0.5, 0.6) is 0 Å². The molecule has 4 heteroatoms. The summed E-state index contributed by atoms with van der Waals surface area (Å²) in [5, 5.41) is 11.1. The van der Waals surface area contributed by atoms with E-state index in [0.29, 0.717) is 22.7 Å². The van der Waals surface area contributed by atoms with Crippen LogP contribution in [0.25, 0.3) is 44.7 Å². The van der Waals surface area contributed by atoms with Crippen LogP contribution in [0.2, 0.25) is 0 Å². The van der Waals surface area contributed by atoms with Crippen molar-refractivity contribution < 1.29 is 4.42 Å². The molecule has 3 aromatic heterocycles. The Balaban J connectivity index is 1.84. The summed E-state index contributed by atoms with van der Waals surface area (Å²) in [7, 11) is 0. The smallest absolute Gasteiger partial charge is 0.152 e. The number of aromatic nitrogens is 2.